The lowest BCUT2D eigenvalue weighted by atomic mass is 10.1. The third kappa shape index (κ3) is 4.13. The second kappa shape index (κ2) is 8.84. The molecule has 0 saturated carbocycles. The number of nitrogens with zero attached hydrogens (tertiary/aromatic N) is 3. The van der Waals surface area contributed by atoms with E-state index in [1.807, 2.05) is 24.3 Å². The summed E-state index contributed by atoms with van der Waals surface area (Å²) in [6.07, 6.45) is 0. The highest BCUT2D eigenvalue weighted by Gasteiger charge is 2.31. The van der Waals surface area contributed by atoms with Gasteiger partial charge in [0.1, 0.15) is 6.07 Å². The fourth-order valence-corrected chi connectivity index (χ4v) is 3.61. The summed E-state index contributed by atoms with van der Waals surface area (Å²) in [4.78, 5) is 16.7. The summed E-state index contributed by atoms with van der Waals surface area (Å²) in [5.74, 6) is 1.68. The van der Waals surface area contributed by atoms with Crippen molar-refractivity contribution in [3.63, 3.8) is 0 Å². The van der Waals surface area contributed by atoms with E-state index in [1.54, 1.807) is 38.4 Å². The maximum absolute atomic E-state index is 12.9. The molecule has 7 heteroatoms. The molecule has 1 aliphatic rings. The monoisotopic (exact) mass is 395 g/mol. The number of hydrogen-bond donors (Lipinski definition) is 0. The van der Waals surface area contributed by atoms with Crippen LogP contribution in [-0.2, 0) is 11.3 Å². The topological polar surface area (TPSA) is 75.0 Å². The smallest absolute Gasteiger partial charge is 0.241 e. The fourth-order valence-electron chi connectivity index (χ4n) is 3.61. The Hall–Kier alpha value is -3.24. The normalized spacial score (nSPS) is 17.0. The van der Waals surface area contributed by atoms with Gasteiger partial charge in [-0.25, -0.2) is 0 Å². The number of benzene rings is 2. The quantitative estimate of drug-likeness (QED) is 0.749. The van der Waals surface area contributed by atoms with Crippen LogP contribution in [0.3, 0.4) is 0 Å². The van der Waals surface area contributed by atoms with Crippen LogP contribution in [0.1, 0.15) is 18.1 Å². The Labute approximate surface area is 171 Å². The Kier molecular flexibility index (Phi) is 6.25. The predicted octanol–water partition coefficient (Wildman–Crippen LogP) is 2.82. The van der Waals surface area contributed by atoms with E-state index < -0.39 is 0 Å². The second-order valence-electron chi connectivity index (χ2n) is 6.92. The van der Waals surface area contributed by atoms with Gasteiger partial charge in [0.2, 0.25) is 11.7 Å². The summed E-state index contributed by atoms with van der Waals surface area (Å²) in [6, 6.07) is 13.3. The van der Waals surface area contributed by atoms with E-state index in [0.29, 0.717) is 41.6 Å². The van der Waals surface area contributed by atoms with Crippen LogP contribution >= 0.6 is 0 Å². The van der Waals surface area contributed by atoms with Crippen molar-refractivity contribution in [3.05, 3.63) is 47.5 Å². The number of carbonyl (C=O) groups is 1. The van der Waals surface area contributed by atoms with Gasteiger partial charge in [0.05, 0.1) is 39.1 Å². The molecule has 0 bridgehead atoms. The molecule has 0 radical (unpaired) electrons. The third-order valence-corrected chi connectivity index (χ3v) is 5.14. The maximum atomic E-state index is 12.9. The lowest BCUT2D eigenvalue weighted by Gasteiger charge is -2.39. The van der Waals surface area contributed by atoms with Crippen molar-refractivity contribution in [1.82, 2.24) is 4.90 Å². The molecular weight excluding hydrogens is 370 g/mol. The van der Waals surface area contributed by atoms with Crippen LogP contribution in [0.2, 0.25) is 0 Å². The second-order valence-corrected chi connectivity index (χ2v) is 6.92. The van der Waals surface area contributed by atoms with Crippen LogP contribution in [0.5, 0.6) is 17.2 Å². The predicted molar refractivity (Wildman–Crippen MR) is 109 cm³/mol. The first-order valence-corrected chi connectivity index (χ1v) is 9.34. The molecule has 1 saturated heterocycles. The van der Waals surface area contributed by atoms with Gasteiger partial charge in [0.15, 0.2) is 11.5 Å². The van der Waals surface area contributed by atoms with Gasteiger partial charge < -0.3 is 19.1 Å². The van der Waals surface area contributed by atoms with E-state index in [0.717, 1.165) is 5.56 Å². The van der Waals surface area contributed by atoms with Crippen molar-refractivity contribution >= 4 is 11.6 Å². The Morgan fingerprint density at radius 1 is 1.10 bits per heavy atom. The highest BCUT2D eigenvalue weighted by Crippen LogP contribution is 2.38. The van der Waals surface area contributed by atoms with Crippen molar-refractivity contribution in [2.75, 3.05) is 39.3 Å². The number of amides is 1. The third-order valence-electron chi connectivity index (χ3n) is 5.14. The number of rotatable bonds is 6. The van der Waals surface area contributed by atoms with Crippen LogP contribution < -0.4 is 19.1 Å². The summed E-state index contributed by atoms with van der Waals surface area (Å²) in [5.41, 5.74) is 2.13. The number of methoxy groups -OCH3 is 3. The fraction of sp³-hybridized carbons (Fsp3) is 0.364. The van der Waals surface area contributed by atoms with Crippen molar-refractivity contribution in [3.8, 4) is 23.3 Å². The summed E-state index contributed by atoms with van der Waals surface area (Å²) in [7, 11) is 4.73. The van der Waals surface area contributed by atoms with Crippen molar-refractivity contribution in [2.24, 2.45) is 0 Å². The molecule has 0 aromatic heterocycles. The van der Waals surface area contributed by atoms with Crippen LogP contribution in [0, 0.1) is 11.3 Å². The minimum absolute atomic E-state index is 0.0294. The van der Waals surface area contributed by atoms with Crippen LogP contribution in [0.25, 0.3) is 0 Å². The summed E-state index contributed by atoms with van der Waals surface area (Å²) >= 11 is 0. The zero-order valence-corrected chi connectivity index (χ0v) is 17.1. The first-order chi connectivity index (χ1) is 14.0. The molecule has 0 unspecified atom stereocenters. The van der Waals surface area contributed by atoms with E-state index in [1.165, 1.54) is 0 Å². The molecule has 0 spiro atoms. The minimum Gasteiger partial charge on any atom is -0.493 e. The number of carbonyl (C=O) groups excluding carboxylic acids is 1. The lowest BCUT2D eigenvalue weighted by Crippen LogP contribution is -2.55. The van der Waals surface area contributed by atoms with Gasteiger partial charge in [0, 0.05) is 19.1 Å². The Morgan fingerprint density at radius 3 is 2.34 bits per heavy atom. The molecule has 1 atom stereocenters. The van der Waals surface area contributed by atoms with E-state index in [9.17, 15) is 10.1 Å². The standard InChI is InChI=1S/C22H25N3O4/c1-15-12-25(18-8-6-5-7-17(18)11-23)21(26)14-24(15)13-16-9-19(27-2)22(29-4)20(10-16)28-3/h5-10,15H,12-14H2,1-4H3/t15-/m0/s1. The number of piperazine rings is 1. The average Bonchev–Trinajstić information content (AvgIpc) is 2.75. The minimum atomic E-state index is -0.0294. The maximum Gasteiger partial charge on any atom is 0.241 e. The van der Waals surface area contributed by atoms with E-state index >= 15 is 0 Å². The summed E-state index contributed by atoms with van der Waals surface area (Å²) in [6.45, 7) is 3.42. The molecular formula is C22H25N3O4. The molecule has 1 amide bonds. The van der Waals surface area contributed by atoms with Crippen molar-refractivity contribution < 1.29 is 19.0 Å². The average molecular weight is 395 g/mol. The van der Waals surface area contributed by atoms with Gasteiger partial charge in [-0.2, -0.15) is 5.26 Å². The summed E-state index contributed by atoms with van der Waals surface area (Å²) in [5, 5.41) is 9.36. The molecule has 0 aliphatic carbocycles. The first-order valence-electron chi connectivity index (χ1n) is 9.34. The molecule has 1 aliphatic heterocycles. The zero-order chi connectivity index (χ0) is 21.0. The molecule has 3 rings (SSSR count). The number of nitriles is 1. The molecule has 1 heterocycles. The summed E-state index contributed by atoms with van der Waals surface area (Å²) < 4.78 is 16.2. The molecule has 152 valence electrons. The van der Waals surface area contributed by atoms with Crippen LogP contribution in [0.15, 0.2) is 36.4 Å². The van der Waals surface area contributed by atoms with Gasteiger partial charge in [-0.05, 0) is 36.8 Å². The molecule has 0 N–H and O–H groups in total. The van der Waals surface area contributed by atoms with Gasteiger partial charge >= 0.3 is 0 Å². The van der Waals surface area contributed by atoms with Gasteiger partial charge in [0.25, 0.3) is 0 Å². The van der Waals surface area contributed by atoms with Gasteiger partial charge in [-0.1, -0.05) is 12.1 Å². The van der Waals surface area contributed by atoms with Gasteiger partial charge in [-0.15, -0.1) is 0 Å². The van der Waals surface area contributed by atoms with Crippen molar-refractivity contribution in [1.29, 1.82) is 5.26 Å². The molecule has 7 nitrogen and oxygen atoms in total. The number of para-hydroxylation sites is 1. The van der Waals surface area contributed by atoms with Crippen LogP contribution in [-0.4, -0.2) is 51.3 Å². The first kappa shape index (κ1) is 20.5. The number of anilines is 1. The Bertz CT molecular complexity index is 913. The molecule has 1 fully saturated rings. The number of ether oxygens (including phenoxy) is 3. The number of hydrogen-bond acceptors (Lipinski definition) is 6. The lowest BCUT2D eigenvalue weighted by molar-refractivity contribution is -0.122. The SMILES string of the molecule is COc1cc(CN2CC(=O)N(c3ccccc3C#N)C[C@@H]2C)cc(OC)c1OC. The Morgan fingerprint density at radius 2 is 1.76 bits per heavy atom. The Balaban J connectivity index is 1.81. The zero-order valence-electron chi connectivity index (χ0n) is 17.1. The van der Waals surface area contributed by atoms with E-state index in [2.05, 4.69) is 17.9 Å². The highest BCUT2D eigenvalue weighted by molar-refractivity contribution is 5.96. The molecule has 2 aromatic carbocycles. The largest absolute Gasteiger partial charge is 0.493 e. The highest BCUT2D eigenvalue weighted by atomic mass is 16.5. The van der Waals surface area contributed by atoms with Crippen molar-refractivity contribution in [2.45, 2.75) is 19.5 Å². The van der Waals surface area contributed by atoms with E-state index in [4.69, 9.17) is 14.2 Å². The van der Waals surface area contributed by atoms with E-state index in [-0.39, 0.29) is 18.5 Å². The molecule has 2 aromatic rings. The molecule has 29 heavy (non-hydrogen) atoms. The van der Waals surface area contributed by atoms with Crippen LogP contribution in [0.4, 0.5) is 5.69 Å². The van der Waals surface area contributed by atoms with Gasteiger partial charge in [-0.3, -0.25) is 9.69 Å².